The molecular formula is C35H55BN2O8. The molecule has 0 radical (unpaired) electrons. The lowest BCUT2D eigenvalue weighted by atomic mass is 9.81. The normalized spacial score (nSPS) is 18.5. The van der Waals surface area contributed by atoms with Crippen LogP contribution in [0.1, 0.15) is 103 Å². The molecule has 256 valence electrons. The van der Waals surface area contributed by atoms with E-state index in [2.05, 4.69) is 47.4 Å². The van der Waals surface area contributed by atoms with Crippen molar-refractivity contribution in [2.75, 3.05) is 13.2 Å². The van der Waals surface area contributed by atoms with Crippen LogP contribution in [0.5, 0.6) is 0 Å². The van der Waals surface area contributed by atoms with Crippen molar-refractivity contribution in [1.82, 2.24) is 5.32 Å². The number of allylic oxidation sites excluding steroid dienone is 3. The van der Waals surface area contributed by atoms with E-state index >= 15 is 0 Å². The minimum atomic E-state index is -0.803. The van der Waals surface area contributed by atoms with Crippen LogP contribution in [0.2, 0.25) is 6.32 Å². The van der Waals surface area contributed by atoms with E-state index in [0.717, 1.165) is 51.4 Å². The van der Waals surface area contributed by atoms with Crippen LogP contribution < -0.4 is 5.32 Å². The molecule has 0 spiro atoms. The van der Waals surface area contributed by atoms with E-state index in [9.17, 15) is 24.7 Å². The number of unbranched alkanes of at least 4 members (excludes halogenated alkanes) is 4. The number of nitrogens with one attached hydrogen (secondary N) is 1. The number of rotatable bonds is 25. The van der Waals surface area contributed by atoms with E-state index in [-0.39, 0.29) is 48.9 Å². The first-order valence-electron chi connectivity index (χ1n) is 17.3. The summed E-state index contributed by atoms with van der Waals surface area (Å²) in [5, 5.41) is 22.9. The van der Waals surface area contributed by atoms with Gasteiger partial charge in [0.25, 0.3) is 5.09 Å². The van der Waals surface area contributed by atoms with Gasteiger partial charge in [0.1, 0.15) is 6.10 Å². The molecule has 1 aliphatic carbocycles. The van der Waals surface area contributed by atoms with Crippen molar-refractivity contribution in [3.63, 3.8) is 0 Å². The molecule has 10 nitrogen and oxygen atoms in total. The monoisotopic (exact) mass is 642 g/mol. The predicted octanol–water partition coefficient (Wildman–Crippen LogP) is 6.80. The minimum Gasteiger partial charge on any atom is -0.458 e. The Morgan fingerprint density at radius 1 is 1.09 bits per heavy atom. The maximum absolute atomic E-state index is 12.8. The van der Waals surface area contributed by atoms with E-state index in [0.29, 0.717) is 45.0 Å². The average Bonchev–Trinajstić information content (AvgIpc) is 3.41. The number of benzene rings is 1. The maximum atomic E-state index is 12.8. The summed E-state index contributed by atoms with van der Waals surface area (Å²) in [6.45, 7) is 4.69. The van der Waals surface area contributed by atoms with Gasteiger partial charge in [0, 0.05) is 25.5 Å². The minimum absolute atomic E-state index is 0.0265. The van der Waals surface area contributed by atoms with Gasteiger partial charge in [-0.1, -0.05) is 74.7 Å². The molecule has 1 saturated carbocycles. The summed E-state index contributed by atoms with van der Waals surface area (Å²) in [6.07, 6.45) is 18.7. The zero-order valence-corrected chi connectivity index (χ0v) is 27.9. The highest BCUT2D eigenvalue weighted by atomic mass is 16.9. The topological polar surface area (TPSA) is 137 Å². The SMILES string of the molecule is CCCCB(O)O[C@H]1CC[C@H](/C=C/[C@H](CCc2ccccc2)OC(=O)CCCCCO[N+](=O)[O-])[C@H]1C/C=C\CCCC(=O)NCC. The summed E-state index contributed by atoms with van der Waals surface area (Å²) in [5.74, 6) is 0.190. The van der Waals surface area contributed by atoms with Crippen LogP contribution in [0, 0.1) is 22.0 Å². The molecule has 0 heterocycles. The molecule has 0 bridgehead atoms. The lowest BCUT2D eigenvalue weighted by Gasteiger charge is -2.24. The average molecular weight is 643 g/mol. The smallest absolute Gasteiger partial charge is 0.454 e. The first-order chi connectivity index (χ1) is 22.3. The van der Waals surface area contributed by atoms with Crippen LogP contribution in [0.4, 0.5) is 0 Å². The number of aryl methyl sites for hydroxylation is 1. The number of ether oxygens (including phenoxy) is 1. The molecule has 1 aliphatic rings. The van der Waals surface area contributed by atoms with E-state index in [1.807, 2.05) is 31.2 Å². The lowest BCUT2D eigenvalue weighted by Crippen LogP contribution is -2.30. The highest BCUT2D eigenvalue weighted by Gasteiger charge is 2.36. The summed E-state index contributed by atoms with van der Waals surface area (Å²) < 4.78 is 12.1. The Morgan fingerprint density at radius 2 is 1.89 bits per heavy atom. The zero-order chi connectivity index (χ0) is 33.4. The van der Waals surface area contributed by atoms with Gasteiger partial charge in [0.05, 0.1) is 6.61 Å². The molecule has 11 heteroatoms. The number of hydrogen-bond donors (Lipinski definition) is 2. The van der Waals surface area contributed by atoms with Crippen molar-refractivity contribution in [3.05, 3.63) is 70.3 Å². The van der Waals surface area contributed by atoms with E-state index in [1.165, 1.54) is 5.56 Å². The van der Waals surface area contributed by atoms with Gasteiger partial charge in [-0.15, -0.1) is 10.1 Å². The molecule has 2 N–H and O–H groups in total. The summed E-state index contributed by atoms with van der Waals surface area (Å²) in [5.41, 5.74) is 1.17. The first-order valence-corrected chi connectivity index (χ1v) is 17.3. The van der Waals surface area contributed by atoms with E-state index < -0.39 is 12.2 Å². The Labute approximate surface area is 275 Å². The third kappa shape index (κ3) is 17.5. The van der Waals surface area contributed by atoms with Crippen molar-refractivity contribution in [2.24, 2.45) is 11.8 Å². The van der Waals surface area contributed by atoms with Crippen LogP contribution in [-0.4, -0.2) is 54.5 Å². The van der Waals surface area contributed by atoms with Crippen molar-refractivity contribution >= 4 is 19.0 Å². The van der Waals surface area contributed by atoms with Crippen LogP contribution in [0.15, 0.2) is 54.6 Å². The largest absolute Gasteiger partial charge is 0.458 e. The van der Waals surface area contributed by atoms with Crippen LogP contribution in [0.25, 0.3) is 0 Å². The van der Waals surface area contributed by atoms with Gasteiger partial charge in [-0.2, -0.15) is 0 Å². The maximum Gasteiger partial charge on any atom is 0.454 e. The third-order valence-corrected chi connectivity index (χ3v) is 8.31. The molecule has 0 saturated heterocycles. The quantitative estimate of drug-likeness (QED) is 0.0297. The van der Waals surface area contributed by atoms with Gasteiger partial charge < -0.3 is 24.6 Å². The molecule has 0 aliphatic heterocycles. The van der Waals surface area contributed by atoms with Crippen molar-refractivity contribution in [2.45, 2.75) is 122 Å². The highest BCUT2D eigenvalue weighted by molar-refractivity contribution is 6.42. The van der Waals surface area contributed by atoms with Gasteiger partial charge in [0.2, 0.25) is 5.91 Å². The number of nitrogens with zero attached hydrogens (tertiary/aromatic N) is 1. The Morgan fingerprint density at radius 3 is 2.63 bits per heavy atom. The Balaban J connectivity index is 2.04. The third-order valence-electron chi connectivity index (χ3n) is 8.31. The van der Waals surface area contributed by atoms with Gasteiger partial charge >= 0.3 is 13.1 Å². The number of carbonyl (C=O) groups is 2. The lowest BCUT2D eigenvalue weighted by molar-refractivity contribution is -0.757. The molecule has 1 amide bonds. The van der Waals surface area contributed by atoms with Crippen LogP contribution in [-0.2, 0) is 30.2 Å². The second kappa shape index (κ2) is 24.1. The first kappa shape index (κ1) is 39.0. The summed E-state index contributed by atoms with van der Waals surface area (Å²) in [4.78, 5) is 39.1. The summed E-state index contributed by atoms with van der Waals surface area (Å²) >= 11 is 0. The molecule has 0 unspecified atom stereocenters. The van der Waals surface area contributed by atoms with Gasteiger partial charge in [0.15, 0.2) is 0 Å². The van der Waals surface area contributed by atoms with Gasteiger partial charge in [-0.3, -0.25) is 9.59 Å². The standard InChI is InChI=1S/C35H55BN2O8/c1-3-5-27-36(41)46-33-26-23-30(32(33)18-12-6-7-13-19-34(39)37-4-2)22-25-31(24-21-29-16-10-8-11-17-29)45-35(40)20-14-9-15-28-44-38(42)43/h6,8,10-12,16-17,22,25,30-33,41H,3-5,7,9,13-15,18-21,23-24,26-28H2,1-2H3,(H,37,39)/b12-6-,25-22+/t30-,31-,32+,33-/m0/s1. The number of esters is 1. The van der Waals surface area contributed by atoms with Crippen molar-refractivity contribution < 1.29 is 33.9 Å². The fourth-order valence-corrected chi connectivity index (χ4v) is 5.81. The molecular weight excluding hydrogens is 587 g/mol. The fraction of sp³-hybridized carbons (Fsp3) is 0.657. The predicted molar refractivity (Wildman–Crippen MR) is 180 cm³/mol. The number of carbonyl (C=O) groups excluding carboxylic acids is 2. The van der Waals surface area contributed by atoms with Crippen LogP contribution in [0.3, 0.4) is 0 Å². The molecule has 46 heavy (non-hydrogen) atoms. The van der Waals surface area contributed by atoms with Gasteiger partial charge in [-0.05, 0) is 94.5 Å². The molecule has 1 fully saturated rings. The summed E-state index contributed by atoms with van der Waals surface area (Å²) in [7, 11) is -0.776. The van der Waals surface area contributed by atoms with Gasteiger partial charge in [-0.25, -0.2) is 0 Å². The molecule has 1 aromatic rings. The number of hydrogen-bond acceptors (Lipinski definition) is 8. The van der Waals surface area contributed by atoms with Crippen molar-refractivity contribution in [3.8, 4) is 0 Å². The van der Waals surface area contributed by atoms with Crippen LogP contribution >= 0.6 is 0 Å². The molecule has 4 atom stereocenters. The number of amides is 1. The highest BCUT2D eigenvalue weighted by Crippen LogP contribution is 2.38. The second-order valence-electron chi connectivity index (χ2n) is 12.0. The second-order valence-corrected chi connectivity index (χ2v) is 12.0. The zero-order valence-electron chi connectivity index (χ0n) is 27.9. The van der Waals surface area contributed by atoms with Crippen molar-refractivity contribution in [1.29, 1.82) is 0 Å². The van der Waals surface area contributed by atoms with E-state index in [1.54, 1.807) is 0 Å². The molecule has 1 aromatic carbocycles. The Bertz CT molecular complexity index is 1050. The molecule has 2 rings (SSSR count). The fourth-order valence-electron chi connectivity index (χ4n) is 5.81. The molecule has 0 aromatic heterocycles. The Hall–Kier alpha value is -3.18. The summed E-state index contributed by atoms with van der Waals surface area (Å²) in [6, 6.07) is 10.1. The Kier molecular flexibility index (Phi) is 20.4. The van der Waals surface area contributed by atoms with E-state index in [4.69, 9.17) is 9.39 Å².